The van der Waals surface area contributed by atoms with Crippen LogP contribution in [0.2, 0.25) is 0 Å². The van der Waals surface area contributed by atoms with Crippen LogP contribution >= 0.6 is 0 Å². The minimum atomic E-state index is -0.563. The van der Waals surface area contributed by atoms with E-state index < -0.39 is 5.60 Å². The van der Waals surface area contributed by atoms with Crippen molar-refractivity contribution in [2.45, 2.75) is 31.8 Å². The topological polar surface area (TPSA) is 58.6 Å². The molecule has 4 heteroatoms. The molecule has 1 saturated carbocycles. The largest absolute Gasteiger partial charge is 0.465 e. The van der Waals surface area contributed by atoms with Crippen LogP contribution < -0.4 is 5.32 Å². The van der Waals surface area contributed by atoms with E-state index in [2.05, 4.69) is 5.32 Å². The van der Waals surface area contributed by atoms with Gasteiger partial charge < -0.3 is 15.2 Å². The zero-order valence-corrected chi connectivity index (χ0v) is 8.01. The van der Waals surface area contributed by atoms with Crippen LogP contribution in [-0.4, -0.2) is 36.4 Å². The Hall–Kier alpha value is -0.610. The van der Waals surface area contributed by atoms with Crippen LogP contribution in [0.1, 0.15) is 26.2 Å². The molecule has 0 aromatic rings. The average molecular weight is 187 g/mol. The molecule has 0 atom stereocenters. The number of rotatable bonds is 5. The first kappa shape index (κ1) is 10.5. The third kappa shape index (κ3) is 3.32. The summed E-state index contributed by atoms with van der Waals surface area (Å²) in [5.41, 5.74) is -0.563. The predicted molar refractivity (Wildman–Crippen MR) is 48.3 cm³/mol. The van der Waals surface area contributed by atoms with E-state index in [9.17, 15) is 9.90 Å². The summed E-state index contributed by atoms with van der Waals surface area (Å²) in [7, 11) is 0. The van der Waals surface area contributed by atoms with Gasteiger partial charge in [0.2, 0.25) is 0 Å². The van der Waals surface area contributed by atoms with Crippen molar-refractivity contribution in [3.63, 3.8) is 0 Å². The molecule has 13 heavy (non-hydrogen) atoms. The summed E-state index contributed by atoms with van der Waals surface area (Å²) in [6.07, 6.45) is 2.75. The lowest BCUT2D eigenvalue weighted by molar-refractivity contribution is -0.142. The number of carbonyl (C=O) groups excluding carboxylic acids is 1. The van der Waals surface area contributed by atoms with E-state index in [4.69, 9.17) is 4.74 Å². The molecule has 0 saturated heterocycles. The van der Waals surface area contributed by atoms with Gasteiger partial charge in [-0.3, -0.25) is 4.79 Å². The summed E-state index contributed by atoms with van der Waals surface area (Å²) in [5, 5.41) is 12.5. The van der Waals surface area contributed by atoms with Crippen molar-refractivity contribution in [3.8, 4) is 0 Å². The molecule has 0 spiro atoms. The van der Waals surface area contributed by atoms with Crippen molar-refractivity contribution in [3.05, 3.63) is 0 Å². The second-order valence-corrected chi connectivity index (χ2v) is 3.49. The van der Waals surface area contributed by atoms with Gasteiger partial charge in [-0.25, -0.2) is 0 Å². The van der Waals surface area contributed by atoms with Gasteiger partial charge in [0.05, 0.1) is 18.8 Å². The number of hydrogen-bond acceptors (Lipinski definition) is 4. The third-order valence-corrected chi connectivity index (χ3v) is 2.31. The quantitative estimate of drug-likeness (QED) is 0.597. The summed E-state index contributed by atoms with van der Waals surface area (Å²) in [6, 6.07) is 0. The summed E-state index contributed by atoms with van der Waals surface area (Å²) in [4.78, 5) is 10.9. The predicted octanol–water partition coefficient (Wildman–Crippen LogP) is 0.0541. The Labute approximate surface area is 78.3 Å². The molecule has 0 aromatic carbocycles. The Balaban J connectivity index is 2.03. The van der Waals surface area contributed by atoms with Gasteiger partial charge >= 0.3 is 5.97 Å². The van der Waals surface area contributed by atoms with Crippen LogP contribution in [0.25, 0.3) is 0 Å². The molecule has 2 N–H and O–H groups in total. The van der Waals surface area contributed by atoms with Gasteiger partial charge in [0.15, 0.2) is 0 Å². The van der Waals surface area contributed by atoms with Gasteiger partial charge in [-0.1, -0.05) is 0 Å². The van der Waals surface area contributed by atoms with Crippen molar-refractivity contribution < 1.29 is 14.6 Å². The molecule has 0 unspecified atom stereocenters. The summed E-state index contributed by atoms with van der Waals surface area (Å²) in [6.45, 7) is 2.87. The van der Waals surface area contributed by atoms with Crippen LogP contribution in [0.15, 0.2) is 0 Å². The highest BCUT2D eigenvalue weighted by atomic mass is 16.5. The average Bonchev–Trinajstić information content (AvgIpc) is 2.02. The fourth-order valence-corrected chi connectivity index (χ4v) is 1.37. The van der Waals surface area contributed by atoms with E-state index in [1.807, 2.05) is 0 Å². The van der Waals surface area contributed by atoms with Crippen LogP contribution in [0, 0.1) is 0 Å². The van der Waals surface area contributed by atoms with Crippen LogP contribution in [0.4, 0.5) is 0 Å². The third-order valence-electron chi connectivity index (χ3n) is 2.31. The standard InChI is InChI=1S/C9H17NO3/c1-2-13-8(11)6-10-7-9(12)4-3-5-9/h10,12H,2-7H2,1H3. The normalized spacial score (nSPS) is 19.2. The molecule has 76 valence electrons. The van der Waals surface area contributed by atoms with Gasteiger partial charge in [-0.2, -0.15) is 0 Å². The van der Waals surface area contributed by atoms with Gasteiger partial charge in [0.25, 0.3) is 0 Å². The summed E-state index contributed by atoms with van der Waals surface area (Å²) in [5.74, 6) is -0.259. The first-order valence-corrected chi connectivity index (χ1v) is 4.75. The Kier molecular flexibility index (Phi) is 3.69. The Morgan fingerprint density at radius 1 is 1.62 bits per heavy atom. The molecular formula is C9H17NO3. The fraction of sp³-hybridized carbons (Fsp3) is 0.889. The molecule has 0 aliphatic heterocycles. The highest BCUT2D eigenvalue weighted by Crippen LogP contribution is 2.30. The van der Waals surface area contributed by atoms with Crippen molar-refractivity contribution in [2.24, 2.45) is 0 Å². The smallest absolute Gasteiger partial charge is 0.319 e. The van der Waals surface area contributed by atoms with Gasteiger partial charge in [0, 0.05) is 6.54 Å². The zero-order valence-electron chi connectivity index (χ0n) is 8.01. The Bertz CT molecular complexity index is 178. The lowest BCUT2D eigenvalue weighted by Gasteiger charge is -2.36. The van der Waals surface area contributed by atoms with Gasteiger partial charge in [0.1, 0.15) is 0 Å². The van der Waals surface area contributed by atoms with E-state index in [1.54, 1.807) is 6.92 Å². The SMILES string of the molecule is CCOC(=O)CNCC1(O)CCC1. The van der Waals surface area contributed by atoms with E-state index in [0.717, 1.165) is 19.3 Å². The maximum Gasteiger partial charge on any atom is 0.319 e. The van der Waals surface area contributed by atoms with E-state index in [1.165, 1.54) is 0 Å². The fourth-order valence-electron chi connectivity index (χ4n) is 1.37. The monoisotopic (exact) mass is 187 g/mol. The summed E-state index contributed by atoms with van der Waals surface area (Å²) < 4.78 is 4.73. The molecule has 4 nitrogen and oxygen atoms in total. The zero-order chi connectivity index (χ0) is 9.73. The van der Waals surface area contributed by atoms with Gasteiger partial charge in [-0.05, 0) is 26.2 Å². The first-order valence-electron chi connectivity index (χ1n) is 4.75. The second-order valence-electron chi connectivity index (χ2n) is 3.49. The van der Waals surface area contributed by atoms with E-state index in [0.29, 0.717) is 13.2 Å². The lowest BCUT2D eigenvalue weighted by Crippen LogP contribution is -2.47. The number of esters is 1. The highest BCUT2D eigenvalue weighted by Gasteiger charge is 2.33. The van der Waals surface area contributed by atoms with Crippen molar-refractivity contribution >= 4 is 5.97 Å². The van der Waals surface area contributed by atoms with Gasteiger partial charge in [-0.15, -0.1) is 0 Å². The highest BCUT2D eigenvalue weighted by molar-refractivity contribution is 5.71. The number of ether oxygens (including phenoxy) is 1. The second kappa shape index (κ2) is 4.58. The van der Waals surface area contributed by atoms with E-state index >= 15 is 0 Å². The molecule has 1 rings (SSSR count). The Morgan fingerprint density at radius 2 is 2.31 bits per heavy atom. The molecule has 1 fully saturated rings. The van der Waals surface area contributed by atoms with Crippen LogP contribution in [-0.2, 0) is 9.53 Å². The maximum atomic E-state index is 10.9. The minimum Gasteiger partial charge on any atom is -0.465 e. The lowest BCUT2D eigenvalue weighted by atomic mass is 9.80. The molecule has 0 heterocycles. The summed E-state index contributed by atoms with van der Waals surface area (Å²) >= 11 is 0. The molecule has 0 amide bonds. The molecule has 0 radical (unpaired) electrons. The molecular weight excluding hydrogens is 170 g/mol. The molecule has 0 aromatic heterocycles. The number of aliphatic hydroxyl groups is 1. The minimum absolute atomic E-state index is 0.191. The molecule has 0 bridgehead atoms. The van der Waals surface area contributed by atoms with E-state index in [-0.39, 0.29) is 12.5 Å². The van der Waals surface area contributed by atoms with Crippen molar-refractivity contribution in [1.82, 2.24) is 5.32 Å². The Morgan fingerprint density at radius 3 is 2.77 bits per heavy atom. The first-order chi connectivity index (χ1) is 6.16. The maximum absolute atomic E-state index is 10.9. The number of hydrogen-bond donors (Lipinski definition) is 2. The van der Waals surface area contributed by atoms with Crippen LogP contribution in [0.3, 0.4) is 0 Å². The molecule has 1 aliphatic carbocycles. The van der Waals surface area contributed by atoms with Crippen LogP contribution in [0.5, 0.6) is 0 Å². The van der Waals surface area contributed by atoms with Crippen molar-refractivity contribution in [2.75, 3.05) is 19.7 Å². The van der Waals surface area contributed by atoms with Crippen molar-refractivity contribution in [1.29, 1.82) is 0 Å². The number of nitrogens with one attached hydrogen (secondary N) is 1. The molecule has 1 aliphatic rings. The number of carbonyl (C=O) groups is 1.